The summed E-state index contributed by atoms with van der Waals surface area (Å²) < 4.78 is 7.09. The lowest BCUT2D eigenvalue weighted by Gasteiger charge is -2.43. The van der Waals surface area contributed by atoms with E-state index in [-0.39, 0.29) is 5.04 Å². The molecule has 0 N–H and O–H groups in total. The molecule has 0 spiro atoms. The molecular formula is C24H28OSi. The zero-order chi connectivity index (χ0) is 18.8. The van der Waals surface area contributed by atoms with Crippen LogP contribution in [0.4, 0.5) is 0 Å². The molecule has 0 saturated heterocycles. The maximum absolute atomic E-state index is 7.09. The molecule has 3 aromatic carbocycles. The largest absolute Gasteiger partial charge is 0.534 e. The predicted octanol–water partition coefficient (Wildman–Crippen LogP) is 5.24. The summed E-state index contributed by atoms with van der Waals surface area (Å²) >= 11 is 0. The van der Waals surface area contributed by atoms with E-state index in [1.165, 1.54) is 21.5 Å². The quantitative estimate of drug-likeness (QED) is 0.578. The smallest absolute Gasteiger partial charge is 0.319 e. The fourth-order valence-corrected chi connectivity index (χ4v) is 8.11. The highest BCUT2D eigenvalue weighted by Crippen LogP contribution is 2.38. The van der Waals surface area contributed by atoms with E-state index >= 15 is 0 Å². The molecule has 0 amide bonds. The molecule has 0 heterocycles. The van der Waals surface area contributed by atoms with Crippen LogP contribution in [0.3, 0.4) is 0 Å². The highest BCUT2D eigenvalue weighted by molar-refractivity contribution is 7.00. The van der Waals surface area contributed by atoms with Gasteiger partial charge in [-0.05, 0) is 46.5 Å². The van der Waals surface area contributed by atoms with Crippen LogP contribution in [-0.4, -0.2) is 8.32 Å². The van der Waals surface area contributed by atoms with E-state index < -0.39 is 8.32 Å². The Morgan fingerprint density at radius 1 is 0.692 bits per heavy atom. The summed E-state index contributed by atoms with van der Waals surface area (Å²) in [5, 5.41) is 2.59. The molecule has 0 saturated carbocycles. The molecule has 0 bridgehead atoms. The van der Waals surface area contributed by atoms with E-state index in [0.717, 1.165) is 5.75 Å². The first-order valence-electron chi connectivity index (χ1n) is 9.22. The second kappa shape index (κ2) is 7.12. The molecule has 0 aliphatic heterocycles. The first-order chi connectivity index (χ1) is 12.3. The second-order valence-corrected chi connectivity index (χ2v) is 12.3. The van der Waals surface area contributed by atoms with Crippen molar-refractivity contribution in [2.45, 2.75) is 39.7 Å². The molecule has 3 rings (SSSR count). The Balaban J connectivity index is 2.29. The number of hydrogen-bond donors (Lipinski definition) is 0. The van der Waals surface area contributed by atoms with Crippen LogP contribution in [0.5, 0.6) is 5.75 Å². The third kappa shape index (κ3) is 3.34. The topological polar surface area (TPSA) is 9.23 Å². The summed E-state index contributed by atoms with van der Waals surface area (Å²) in [7, 11) is -2.54. The normalized spacial score (nSPS) is 12.0. The Bertz CT molecular complexity index is 824. The zero-order valence-corrected chi connectivity index (χ0v) is 17.4. The summed E-state index contributed by atoms with van der Waals surface area (Å²) in [5.74, 6) is 0.999. The minimum atomic E-state index is -2.54. The average Bonchev–Trinajstić information content (AvgIpc) is 2.63. The predicted molar refractivity (Wildman–Crippen MR) is 114 cm³/mol. The third-order valence-corrected chi connectivity index (χ3v) is 9.95. The van der Waals surface area contributed by atoms with Crippen LogP contribution < -0.4 is 14.8 Å². The van der Waals surface area contributed by atoms with Crippen LogP contribution in [0.15, 0.2) is 78.9 Å². The maximum Gasteiger partial charge on any atom is 0.319 e. The molecular weight excluding hydrogens is 332 g/mol. The SMILES string of the molecule is Cc1ccc(C)c(O[Si](c2ccccc2)(c2ccccc2)C(C)(C)C)c1. The molecule has 0 fully saturated rings. The number of aryl methyl sites for hydroxylation is 2. The van der Waals surface area contributed by atoms with Gasteiger partial charge in [0.1, 0.15) is 5.75 Å². The lowest BCUT2D eigenvalue weighted by atomic mass is 10.1. The Hall–Kier alpha value is -2.32. The van der Waals surface area contributed by atoms with Crippen LogP contribution in [0, 0.1) is 13.8 Å². The van der Waals surface area contributed by atoms with Crippen molar-refractivity contribution in [1.29, 1.82) is 0 Å². The summed E-state index contributed by atoms with van der Waals surface area (Å²) in [4.78, 5) is 0. The Morgan fingerprint density at radius 2 is 1.19 bits per heavy atom. The Kier molecular flexibility index (Phi) is 5.06. The van der Waals surface area contributed by atoms with Crippen LogP contribution in [-0.2, 0) is 0 Å². The maximum atomic E-state index is 7.09. The summed E-state index contributed by atoms with van der Waals surface area (Å²) in [5.41, 5.74) is 2.41. The average molecular weight is 361 g/mol. The van der Waals surface area contributed by atoms with Crippen molar-refractivity contribution in [3.8, 4) is 5.75 Å². The van der Waals surface area contributed by atoms with Crippen molar-refractivity contribution in [3.05, 3.63) is 90.0 Å². The van der Waals surface area contributed by atoms with Gasteiger partial charge in [0.25, 0.3) is 0 Å². The zero-order valence-electron chi connectivity index (χ0n) is 16.4. The molecule has 0 atom stereocenters. The highest BCUT2D eigenvalue weighted by atomic mass is 28.4. The Morgan fingerprint density at radius 3 is 1.65 bits per heavy atom. The molecule has 134 valence electrons. The van der Waals surface area contributed by atoms with Crippen LogP contribution in [0.1, 0.15) is 31.9 Å². The van der Waals surface area contributed by atoms with Crippen LogP contribution in [0.2, 0.25) is 5.04 Å². The molecule has 2 heteroatoms. The van der Waals surface area contributed by atoms with Crippen LogP contribution >= 0.6 is 0 Å². The van der Waals surface area contributed by atoms with E-state index in [9.17, 15) is 0 Å². The van der Waals surface area contributed by atoms with E-state index in [1.807, 2.05) is 0 Å². The fourth-order valence-electron chi connectivity index (χ4n) is 3.63. The molecule has 0 unspecified atom stereocenters. The Labute approximate surface area is 158 Å². The number of benzene rings is 3. The van der Waals surface area contributed by atoms with Crippen molar-refractivity contribution in [2.75, 3.05) is 0 Å². The van der Waals surface area contributed by atoms with Crippen molar-refractivity contribution >= 4 is 18.7 Å². The monoisotopic (exact) mass is 360 g/mol. The van der Waals surface area contributed by atoms with Gasteiger partial charge in [-0.2, -0.15) is 0 Å². The van der Waals surface area contributed by atoms with Gasteiger partial charge in [0.15, 0.2) is 0 Å². The first-order valence-corrected chi connectivity index (χ1v) is 11.1. The van der Waals surface area contributed by atoms with Gasteiger partial charge in [-0.1, -0.05) is 93.6 Å². The number of rotatable bonds is 4. The van der Waals surface area contributed by atoms with Crippen molar-refractivity contribution in [2.24, 2.45) is 0 Å². The summed E-state index contributed by atoms with van der Waals surface area (Å²) in [6.07, 6.45) is 0. The van der Waals surface area contributed by atoms with Gasteiger partial charge in [-0.3, -0.25) is 0 Å². The summed E-state index contributed by atoms with van der Waals surface area (Å²) in [6.45, 7) is 11.2. The summed E-state index contributed by atoms with van der Waals surface area (Å²) in [6, 6.07) is 28.1. The minimum absolute atomic E-state index is 0.0219. The number of hydrogen-bond acceptors (Lipinski definition) is 1. The molecule has 26 heavy (non-hydrogen) atoms. The lowest BCUT2D eigenvalue weighted by molar-refractivity contribution is 0.504. The van der Waals surface area contributed by atoms with E-state index in [0.29, 0.717) is 0 Å². The fraction of sp³-hybridized carbons (Fsp3) is 0.250. The molecule has 0 radical (unpaired) electrons. The van der Waals surface area contributed by atoms with E-state index in [2.05, 4.69) is 113 Å². The second-order valence-electron chi connectivity index (χ2n) is 8.03. The molecule has 1 nitrogen and oxygen atoms in total. The van der Waals surface area contributed by atoms with Crippen LogP contribution in [0.25, 0.3) is 0 Å². The van der Waals surface area contributed by atoms with Gasteiger partial charge in [0.05, 0.1) is 0 Å². The first kappa shape index (κ1) is 18.5. The minimum Gasteiger partial charge on any atom is -0.534 e. The highest BCUT2D eigenvalue weighted by Gasteiger charge is 2.52. The van der Waals surface area contributed by atoms with Gasteiger partial charge in [-0.15, -0.1) is 0 Å². The van der Waals surface area contributed by atoms with Gasteiger partial charge in [0.2, 0.25) is 0 Å². The molecule has 0 aliphatic rings. The van der Waals surface area contributed by atoms with Gasteiger partial charge >= 0.3 is 8.32 Å². The third-order valence-electron chi connectivity index (χ3n) is 5.02. The van der Waals surface area contributed by atoms with Gasteiger partial charge in [0, 0.05) is 0 Å². The van der Waals surface area contributed by atoms with Gasteiger partial charge < -0.3 is 4.43 Å². The van der Waals surface area contributed by atoms with E-state index in [4.69, 9.17) is 4.43 Å². The van der Waals surface area contributed by atoms with Crippen molar-refractivity contribution in [3.63, 3.8) is 0 Å². The molecule has 3 aromatic rings. The molecule has 0 aliphatic carbocycles. The standard InChI is InChI=1S/C24H28OSi/c1-19-16-17-20(2)23(18-19)25-26(24(3,4)5,21-12-8-6-9-13-21)22-14-10-7-11-15-22/h6-18H,1-5H3. The van der Waals surface area contributed by atoms with Crippen molar-refractivity contribution < 1.29 is 4.43 Å². The van der Waals surface area contributed by atoms with E-state index in [1.54, 1.807) is 0 Å². The van der Waals surface area contributed by atoms with Crippen molar-refractivity contribution in [1.82, 2.24) is 0 Å². The lowest BCUT2D eigenvalue weighted by Crippen LogP contribution is -2.68. The van der Waals surface area contributed by atoms with Gasteiger partial charge in [-0.25, -0.2) is 0 Å². The molecule has 0 aromatic heterocycles.